The summed E-state index contributed by atoms with van der Waals surface area (Å²) in [6.45, 7) is 1.92. The fraction of sp³-hybridized carbons (Fsp3) is 0.667. The van der Waals surface area contributed by atoms with Crippen LogP contribution >= 0.6 is 0 Å². The number of nitrogen functional groups attached to an aromatic ring is 1. The summed E-state index contributed by atoms with van der Waals surface area (Å²) >= 11 is 0. The Labute approximate surface area is 77.3 Å². The van der Waals surface area contributed by atoms with Crippen molar-refractivity contribution < 1.29 is 0 Å². The van der Waals surface area contributed by atoms with E-state index in [2.05, 4.69) is 17.0 Å². The average molecular weight is 178 g/mol. The molecule has 1 aromatic rings. The highest BCUT2D eigenvalue weighted by Crippen LogP contribution is 2.39. The van der Waals surface area contributed by atoms with Crippen molar-refractivity contribution in [1.29, 1.82) is 0 Å². The molecular weight excluding hydrogens is 164 g/mol. The molecule has 0 bridgehead atoms. The highest BCUT2D eigenvalue weighted by atomic mass is 15.4. The van der Waals surface area contributed by atoms with E-state index >= 15 is 0 Å². The quantitative estimate of drug-likeness (QED) is 0.690. The fourth-order valence-electron chi connectivity index (χ4n) is 2.01. The monoisotopic (exact) mass is 178 g/mol. The first-order chi connectivity index (χ1) is 6.25. The molecule has 3 rings (SSSR count). The van der Waals surface area contributed by atoms with Crippen molar-refractivity contribution in [2.24, 2.45) is 0 Å². The van der Waals surface area contributed by atoms with Crippen LogP contribution in [0.4, 0.5) is 5.82 Å². The zero-order chi connectivity index (χ0) is 9.00. The minimum Gasteiger partial charge on any atom is -0.384 e. The van der Waals surface area contributed by atoms with Gasteiger partial charge in [-0.25, -0.2) is 4.68 Å². The summed E-state index contributed by atoms with van der Waals surface area (Å²) in [4.78, 5) is 2.24. The highest BCUT2D eigenvalue weighted by Gasteiger charge is 2.31. The van der Waals surface area contributed by atoms with Crippen LogP contribution in [-0.2, 0) is 13.1 Å². The predicted octanol–water partition coefficient (Wildman–Crippen LogP) is 0.746. The molecule has 0 aromatic carbocycles. The first-order valence-corrected chi connectivity index (χ1v) is 4.80. The van der Waals surface area contributed by atoms with Crippen LogP contribution in [0.3, 0.4) is 0 Å². The van der Waals surface area contributed by atoms with Gasteiger partial charge in [-0.1, -0.05) is 0 Å². The van der Waals surface area contributed by atoms with Gasteiger partial charge >= 0.3 is 0 Å². The van der Waals surface area contributed by atoms with Gasteiger partial charge in [0.15, 0.2) is 0 Å². The first kappa shape index (κ1) is 7.38. The predicted molar refractivity (Wildman–Crippen MR) is 50.1 cm³/mol. The van der Waals surface area contributed by atoms with Crippen LogP contribution in [0.25, 0.3) is 0 Å². The Morgan fingerprint density at radius 2 is 2.15 bits per heavy atom. The van der Waals surface area contributed by atoms with E-state index in [0.717, 1.165) is 18.9 Å². The zero-order valence-electron chi connectivity index (χ0n) is 7.82. The van der Waals surface area contributed by atoms with Gasteiger partial charge < -0.3 is 5.73 Å². The maximum Gasteiger partial charge on any atom is 0.126 e. The van der Waals surface area contributed by atoms with E-state index in [-0.39, 0.29) is 0 Å². The van der Waals surface area contributed by atoms with Crippen molar-refractivity contribution in [2.45, 2.75) is 32.0 Å². The van der Waals surface area contributed by atoms with Gasteiger partial charge in [-0.15, -0.1) is 0 Å². The van der Waals surface area contributed by atoms with Gasteiger partial charge in [0.2, 0.25) is 0 Å². The Hall–Kier alpha value is -1.03. The molecule has 0 atom stereocenters. The number of hydrogen-bond acceptors (Lipinski definition) is 3. The van der Waals surface area contributed by atoms with Crippen molar-refractivity contribution in [3.8, 4) is 0 Å². The standard InChI is InChI=1S/C9H14N4/c1-12-4-7-8(5-12)11-13(9(7)10)6-2-3-6/h6H,2-5,10H2,1H3. The van der Waals surface area contributed by atoms with Crippen LogP contribution in [0.5, 0.6) is 0 Å². The molecule has 0 spiro atoms. The molecule has 1 fully saturated rings. The molecule has 1 aliphatic carbocycles. The summed E-state index contributed by atoms with van der Waals surface area (Å²) < 4.78 is 2.03. The third kappa shape index (κ3) is 0.983. The largest absolute Gasteiger partial charge is 0.384 e. The summed E-state index contributed by atoms with van der Waals surface area (Å²) in [5.74, 6) is 0.904. The first-order valence-electron chi connectivity index (χ1n) is 4.80. The summed E-state index contributed by atoms with van der Waals surface area (Å²) in [5.41, 5.74) is 8.48. The second-order valence-corrected chi connectivity index (χ2v) is 4.16. The van der Waals surface area contributed by atoms with Crippen LogP contribution < -0.4 is 5.73 Å². The Bertz CT molecular complexity index is 351. The molecule has 1 aliphatic heterocycles. The van der Waals surface area contributed by atoms with Crippen molar-refractivity contribution in [2.75, 3.05) is 12.8 Å². The van der Waals surface area contributed by atoms with Crippen LogP contribution in [0, 0.1) is 0 Å². The van der Waals surface area contributed by atoms with Crippen molar-refractivity contribution >= 4 is 5.82 Å². The molecule has 1 saturated carbocycles. The lowest BCUT2D eigenvalue weighted by Gasteiger charge is -2.07. The average Bonchev–Trinajstić information content (AvgIpc) is 2.79. The third-order valence-corrected chi connectivity index (χ3v) is 2.87. The van der Waals surface area contributed by atoms with Crippen LogP contribution in [0.2, 0.25) is 0 Å². The van der Waals surface area contributed by atoms with E-state index in [4.69, 9.17) is 5.73 Å². The number of fused-ring (bicyclic) bond motifs is 1. The second-order valence-electron chi connectivity index (χ2n) is 4.16. The second kappa shape index (κ2) is 2.26. The number of nitrogens with zero attached hydrogens (tertiary/aromatic N) is 3. The lowest BCUT2D eigenvalue weighted by atomic mass is 10.3. The van der Waals surface area contributed by atoms with Gasteiger partial charge in [-0.05, 0) is 19.9 Å². The molecule has 4 heteroatoms. The lowest BCUT2D eigenvalue weighted by Crippen LogP contribution is -2.12. The maximum absolute atomic E-state index is 6.03. The summed E-state index contributed by atoms with van der Waals surface area (Å²) in [6, 6.07) is 0.607. The minimum absolute atomic E-state index is 0.607. The van der Waals surface area contributed by atoms with Gasteiger partial charge in [0.05, 0.1) is 11.7 Å². The summed E-state index contributed by atoms with van der Waals surface area (Å²) in [6.07, 6.45) is 2.50. The maximum atomic E-state index is 6.03. The molecule has 4 nitrogen and oxygen atoms in total. The molecule has 2 heterocycles. The van der Waals surface area contributed by atoms with Crippen molar-refractivity contribution in [3.63, 3.8) is 0 Å². The molecular formula is C9H14N4. The fourth-order valence-corrected chi connectivity index (χ4v) is 2.01. The Kier molecular flexibility index (Phi) is 1.28. The summed E-state index contributed by atoms with van der Waals surface area (Å²) in [7, 11) is 2.10. The number of hydrogen-bond donors (Lipinski definition) is 1. The van der Waals surface area contributed by atoms with E-state index < -0.39 is 0 Å². The zero-order valence-corrected chi connectivity index (χ0v) is 7.82. The molecule has 2 aliphatic rings. The SMILES string of the molecule is CN1Cc2nn(C3CC3)c(N)c2C1. The van der Waals surface area contributed by atoms with Gasteiger partial charge in [-0.2, -0.15) is 5.10 Å². The van der Waals surface area contributed by atoms with E-state index in [1.807, 2.05) is 4.68 Å². The molecule has 0 amide bonds. The Morgan fingerprint density at radius 1 is 1.38 bits per heavy atom. The van der Waals surface area contributed by atoms with Crippen molar-refractivity contribution in [1.82, 2.24) is 14.7 Å². The van der Waals surface area contributed by atoms with E-state index in [1.54, 1.807) is 0 Å². The topological polar surface area (TPSA) is 47.1 Å². The van der Waals surface area contributed by atoms with Gasteiger partial charge in [-0.3, -0.25) is 4.90 Å². The van der Waals surface area contributed by atoms with Gasteiger partial charge in [0.1, 0.15) is 5.82 Å². The summed E-state index contributed by atoms with van der Waals surface area (Å²) in [5, 5.41) is 4.55. The molecule has 0 radical (unpaired) electrons. The van der Waals surface area contributed by atoms with Crippen LogP contribution in [0.1, 0.15) is 30.1 Å². The van der Waals surface area contributed by atoms with Crippen molar-refractivity contribution in [3.05, 3.63) is 11.3 Å². The Morgan fingerprint density at radius 3 is 2.77 bits per heavy atom. The molecule has 2 N–H and O–H groups in total. The molecule has 1 aromatic heterocycles. The third-order valence-electron chi connectivity index (χ3n) is 2.87. The number of rotatable bonds is 1. The molecule has 0 saturated heterocycles. The van der Waals surface area contributed by atoms with E-state index in [1.165, 1.54) is 24.1 Å². The minimum atomic E-state index is 0.607. The Balaban J connectivity index is 2.04. The number of anilines is 1. The molecule has 0 unspecified atom stereocenters. The number of aromatic nitrogens is 2. The van der Waals surface area contributed by atoms with Crippen LogP contribution in [-0.4, -0.2) is 21.7 Å². The lowest BCUT2D eigenvalue weighted by molar-refractivity contribution is 0.346. The normalized spacial score (nSPS) is 22.2. The van der Waals surface area contributed by atoms with Gasteiger partial charge in [0, 0.05) is 18.7 Å². The van der Waals surface area contributed by atoms with E-state index in [0.29, 0.717) is 6.04 Å². The van der Waals surface area contributed by atoms with Gasteiger partial charge in [0.25, 0.3) is 0 Å². The van der Waals surface area contributed by atoms with E-state index in [9.17, 15) is 0 Å². The molecule has 70 valence electrons. The van der Waals surface area contributed by atoms with Crippen LogP contribution in [0.15, 0.2) is 0 Å². The number of nitrogens with two attached hydrogens (primary N) is 1. The highest BCUT2D eigenvalue weighted by molar-refractivity contribution is 5.46. The molecule has 13 heavy (non-hydrogen) atoms. The smallest absolute Gasteiger partial charge is 0.126 e.